The average Bonchev–Trinajstić information content (AvgIpc) is 2.87. The zero-order valence-electron chi connectivity index (χ0n) is 12.2. The predicted molar refractivity (Wildman–Crippen MR) is 77.4 cm³/mol. The number of rotatable bonds is 2. The molecule has 0 saturated carbocycles. The van der Waals surface area contributed by atoms with Crippen molar-refractivity contribution in [2.45, 2.75) is 6.18 Å². The van der Waals surface area contributed by atoms with E-state index >= 15 is 0 Å². The van der Waals surface area contributed by atoms with Gasteiger partial charge in [0, 0.05) is 0 Å². The lowest BCUT2D eigenvalue weighted by molar-refractivity contribution is -0.137. The molecule has 0 spiro atoms. The van der Waals surface area contributed by atoms with E-state index in [1.165, 1.54) is 0 Å². The molecule has 0 atom stereocenters. The number of halogens is 7. The van der Waals surface area contributed by atoms with Crippen molar-refractivity contribution in [2.75, 3.05) is 0 Å². The molecule has 0 aliphatic rings. The van der Waals surface area contributed by atoms with Crippen LogP contribution in [0.25, 0.3) is 17.1 Å². The van der Waals surface area contributed by atoms with Gasteiger partial charge < -0.3 is 4.42 Å². The fourth-order valence-corrected chi connectivity index (χ4v) is 2.44. The molecular weight excluding hydrogens is 390 g/mol. The molecule has 2 aromatic carbocycles. The van der Waals surface area contributed by atoms with Gasteiger partial charge in [-0.15, -0.1) is 5.10 Å². The first-order valence-electron chi connectivity index (χ1n) is 6.70. The van der Waals surface area contributed by atoms with Crippen LogP contribution in [-0.4, -0.2) is 9.78 Å². The number of hydrogen-bond donors (Lipinski definition) is 0. The van der Waals surface area contributed by atoms with Crippen molar-refractivity contribution in [2.24, 2.45) is 0 Å². The third-order valence-electron chi connectivity index (χ3n) is 3.28. The van der Waals surface area contributed by atoms with Gasteiger partial charge in [-0.1, -0.05) is 17.7 Å². The summed E-state index contributed by atoms with van der Waals surface area (Å²) in [7, 11) is 0. The Balaban J connectivity index is 2.19. The lowest BCUT2D eigenvalue weighted by atomic mass is 10.2. The Labute approximate surface area is 145 Å². The van der Waals surface area contributed by atoms with Gasteiger partial charge in [-0.25, -0.2) is 18.0 Å². The quantitative estimate of drug-likeness (QED) is 0.598. The van der Waals surface area contributed by atoms with Crippen LogP contribution in [0, 0.1) is 17.5 Å². The SMILES string of the molecule is O=c1oc(-c2c(F)cccc2F)nn1-c1c(F)cc(C(F)(F)F)cc1Cl. The summed E-state index contributed by atoms with van der Waals surface area (Å²) in [6.45, 7) is 0. The van der Waals surface area contributed by atoms with E-state index < -0.39 is 57.1 Å². The maximum absolute atomic E-state index is 14.1. The first-order chi connectivity index (χ1) is 12.1. The molecule has 26 heavy (non-hydrogen) atoms. The second-order valence-electron chi connectivity index (χ2n) is 4.97. The fraction of sp³-hybridized carbons (Fsp3) is 0.0667. The maximum atomic E-state index is 14.1. The van der Waals surface area contributed by atoms with E-state index in [1.807, 2.05) is 0 Å². The molecule has 0 aliphatic heterocycles. The summed E-state index contributed by atoms with van der Waals surface area (Å²) in [5, 5.41) is 2.64. The van der Waals surface area contributed by atoms with Crippen LogP contribution in [0.1, 0.15) is 5.56 Å². The summed E-state index contributed by atoms with van der Waals surface area (Å²) in [6.07, 6.45) is -4.88. The van der Waals surface area contributed by atoms with Gasteiger partial charge in [0.15, 0.2) is 5.82 Å². The normalized spacial score (nSPS) is 11.8. The highest BCUT2D eigenvalue weighted by molar-refractivity contribution is 6.32. The van der Waals surface area contributed by atoms with Gasteiger partial charge in [0.1, 0.15) is 22.9 Å². The third kappa shape index (κ3) is 3.07. The minimum absolute atomic E-state index is 0.103. The Morgan fingerprint density at radius 3 is 2.19 bits per heavy atom. The molecule has 0 amide bonds. The highest BCUT2D eigenvalue weighted by atomic mass is 35.5. The van der Waals surface area contributed by atoms with E-state index in [0.29, 0.717) is 6.07 Å². The van der Waals surface area contributed by atoms with Gasteiger partial charge in [-0.05, 0) is 24.3 Å². The monoisotopic (exact) mass is 394 g/mol. The molecule has 0 radical (unpaired) electrons. The summed E-state index contributed by atoms with van der Waals surface area (Å²) in [5.41, 5.74) is -3.04. The van der Waals surface area contributed by atoms with Crippen LogP contribution in [0.15, 0.2) is 39.5 Å². The van der Waals surface area contributed by atoms with E-state index in [4.69, 9.17) is 11.6 Å². The Morgan fingerprint density at radius 1 is 1.04 bits per heavy atom. The largest absolute Gasteiger partial charge is 0.442 e. The summed E-state index contributed by atoms with van der Waals surface area (Å²) < 4.78 is 84.4. The van der Waals surface area contributed by atoms with Gasteiger partial charge in [0.25, 0.3) is 5.89 Å². The van der Waals surface area contributed by atoms with Gasteiger partial charge in [-0.3, -0.25) is 0 Å². The molecule has 136 valence electrons. The Bertz CT molecular complexity index is 1010. The first-order valence-corrected chi connectivity index (χ1v) is 7.08. The molecular formula is C15H5ClF6N2O2. The molecule has 4 nitrogen and oxygen atoms in total. The molecule has 0 aliphatic carbocycles. The van der Waals surface area contributed by atoms with Crippen molar-refractivity contribution in [1.29, 1.82) is 0 Å². The Morgan fingerprint density at radius 2 is 1.65 bits per heavy atom. The maximum Gasteiger partial charge on any atom is 0.442 e. The zero-order valence-corrected chi connectivity index (χ0v) is 13.0. The molecule has 1 heterocycles. The molecule has 0 N–H and O–H groups in total. The van der Waals surface area contributed by atoms with Gasteiger partial charge >= 0.3 is 11.9 Å². The Kier molecular flexibility index (Phi) is 4.31. The van der Waals surface area contributed by atoms with Crippen molar-refractivity contribution in [3.63, 3.8) is 0 Å². The molecule has 0 saturated heterocycles. The lowest BCUT2D eigenvalue weighted by Gasteiger charge is -2.10. The van der Waals surface area contributed by atoms with Crippen LogP contribution in [-0.2, 0) is 6.18 Å². The lowest BCUT2D eigenvalue weighted by Crippen LogP contribution is -2.16. The van der Waals surface area contributed by atoms with E-state index in [-0.39, 0.29) is 10.7 Å². The second-order valence-corrected chi connectivity index (χ2v) is 5.38. The smallest absolute Gasteiger partial charge is 0.387 e. The first kappa shape index (κ1) is 18.1. The molecule has 11 heteroatoms. The zero-order chi connectivity index (χ0) is 19.2. The van der Waals surface area contributed by atoms with E-state index in [1.54, 1.807) is 0 Å². The van der Waals surface area contributed by atoms with Gasteiger partial charge in [-0.2, -0.15) is 17.9 Å². The highest BCUT2D eigenvalue weighted by Crippen LogP contribution is 2.34. The van der Waals surface area contributed by atoms with Crippen LogP contribution in [0.5, 0.6) is 0 Å². The molecule has 3 rings (SSSR count). The summed E-state index contributed by atoms with van der Waals surface area (Å²) in [6, 6.07) is 3.26. The Hall–Kier alpha value is -2.75. The van der Waals surface area contributed by atoms with Crippen LogP contribution in [0.2, 0.25) is 5.02 Å². The van der Waals surface area contributed by atoms with E-state index in [0.717, 1.165) is 18.2 Å². The van der Waals surface area contributed by atoms with E-state index in [2.05, 4.69) is 9.52 Å². The van der Waals surface area contributed by atoms with Crippen molar-refractivity contribution in [1.82, 2.24) is 9.78 Å². The molecule has 3 aromatic rings. The fourth-order valence-electron chi connectivity index (χ4n) is 2.15. The third-order valence-corrected chi connectivity index (χ3v) is 3.57. The van der Waals surface area contributed by atoms with Crippen molar-refractivity contribution >= 4 is 11.6 Å². The topological polar surface area (TPSA) is 48.0 Å². The molecule has 1 aromatic heterocycles. The standard InChI is InChI=1S/C15H5ClF6N2O2/c16-7-4-6(15(20,21)22)5-10(19)12(7)24-14(25)26-13(23-24)11-8(17)2-1-3-9(11)18/h1-5H. The van der Waals surface area contributed by atoms with Gasteiger partial charge in [0.05, 0.1) is 10.6 Å². The van der Waals surface area contributed by atoms with Crippen LogP contribution < -0.4 is 5.76 Å². The number of hydrogen-bond acceptors (Lipinski definition) is 3. The number of alkyl halides is 3. The number of benzene rings is 2. The van der Waals surface area contributed by atoms with Crippen molar-refractivity contribution < 1.29 is 30.8 Å². The van der Waals surface area contributed by atoms with E-state index in [9.17, 15) is 31.1 Å². The summed E-state index contributed by atoms with van der Waals surface area (Å²) in [4.78, 5) is 11.9. The summed E-state index contributed by atoms with van der Waals surface area (Å²) in [5.74, 6) is -5.99. The van der Waals surface area contributed by atoms with Crippen molar-refractivity contribution in [3.8, 4) is 17.1 Å². The van der Waals surface area contributed by atoms with Crippen molar-refractivity contribution in [3.05, 3.63) is 68.9 Å². The van der Waals surface area contributed by atoms with Crippen LogP contribution in [0.4, 0.5) is 26.3 Å². The highest BCUT2D eigenvalue weighted by Gasteiger charge is 2.33. The molecule has 0 bridgehead atoms. The second kappa shape index (κ2) is 6.20. The predicted octanol–water partition coefficient (Wildman–Crippen LogP) is 4.58. The summed E-state index contributed by atoms with van der Waals surface area (Å²) >= 11 is 5.64. The van der Waals surface area contributed by atoms with Crippen LogP contribution in [0.3, 0.4) is 0 Å². The minimum Gasteiger partial charge on any atom is -0.387 e. The number of nitrogens with zero attached hydrogens (tertiary/aromatic N) is 2. The molecule has 0 unspecified atom stereocenters. The van der Waals surface area contributed by atoms with Crippen LogP contribution >= 0.6 is 11.6 Å². The van der Waals surface area contributed by atoms with Gasteiger partial charge in [0.2, 0.25) is 0 Å². The number of aromatic nitrogens is 2. The average molecular weight is 395 g/mol. The minimum atomic E-state index is -4.88. The molecule has 0 fully saturated rings.